The zero-order valence-electron chi connectivity index (χ0n) is 8.80. The first-order valence-electron chi connectivity index (χ1n) is 4.47. The lowest BCUT2D eigenvalue weighted by molar-refractivity contribution is -0.119. The van der Waals surface area contributed by atoms with Crippen LogP contribution in [0.2, 0.25) is 0 Å². The molecule has 4 heteroatoms. The molecular formula is C9H19BrN2O. The van der Waals surface area contributed by atoms with Gasteiger partial charge in [0.05, 0.1) is 5.33 Å². The van der Waals surface area contributed by atoms with Gasteiger partial charge in [-0.1, -0.05) is 29.8 Å². The van der Waals surface area contributed by atoms with Crippen LogP contribution in [0, 0.1) is 5.92 Å². The highest BCUT2D eigenvalue weighted by molar-refractivity contribution is 9.09. The number of nitrogens with zero attached hydrogens (tertiary/aromatic N) is 1. The first-order chi connectivity index (χ1) is 5.97. The molecule has 1 N–H and O–H groups in total. The minimum atomic E-state index is 0.0561. The maximum absolute atomic E-state index is 11.1. The molecule has 0 bridgehead atoms. The number of carbonyl (C=O) groups excluding carboxylic acids is 1. The third kappa shape index (κ3) is 6.05. The molecule has 0 saturated carbocycles. The van der Waals surface area contributed by atoms with Gasteiger partial charge in [-0.25, -0.2) is 0 Å². The van der Waals surface area contributed by atoms with Crippen molar-refractivity contribution in [2.75, 3.05) is 26.0 Å². The highest BCUT2D eigenvalue weighted by Crippen LogP contribution is 2.02. The number of amides is 1. The van der Waals surface area contributed by atoms with Crippen LogP contribution < -0.4 is 5.32 Å². The molecular weight excluding hydrogens is 232 g/mol. The number of carbonyl (C=O) groups is 1. The molecule has 0 fully saturated rings. The number of alkyl halides is 1. The number of halogens is 1. The van der Waals surface area contributed by atoms with Gasteiger partial charge < -0.3 is 10.2 Å². The second kappa shape index (κ2) is 6.38. The Labute approximate surface area is 89.0 Å². The van der Waals surface area contributed by atoms with Crippen molar-refractivity contribution in [3.63, 3.8) is 0 Å². The Hall–Kier alpha value is -0.0900. The Balaban J connectivity index is 4.02. The molecule has 0 rings (SSSR count). The van der Waals surface area contributed by atoms with Crippen LogP contribution in [0.4, 0.5) is 0 Å². The van der Waals surface area contributed by atoms with E-state index < -0.39 is 0 Å². The number of nitrogens with one attached hydrogen (secondary N) is 1. The monoisotopic (exact) mass is 250 g/mol. The molecule has 0 spiro atoms. The predicted molar refractivity (Wildman–Crippen MR) is 59.1 cm³/mol. The lowest BCUT2D eigenvalue weighted by Gasteiger charge is -2.25. The summed E-state index contributed by atoms with van der Waals surface area (Å²) in [5.74, 6) is 0.519. The predicted octanol–water partition coefficient (Wildman–Crippen LogP) is 1.08. The van der Waals surface area contributed by atoms with Gasteiger partial charge in [0.15, 0.2) is 0 Å². The number of hydrogen-bond acceptors (Lipinski definition) is 2. The van der Waals surface area contributed by atoms with Gasteiger partial charge >= 0.3 is 0 Å². The van der Waals surface area contributed by atoms with E-state index in [9.17, 15) is 4.79 Å². The summed E-state index contributed by atoms with van der Waals surface area (Å²) >= 11 is 3.13. The van der Waals surface area contributed by atoms with Crippen LogP contribution in [-0.2, 0) is 4.79 Å². The Kier molecular flexibility index (Phi) is 6.33. The van der Waals surface area contributed by atoms with E-state index in [4.69, 9.17) is 0 Å². The van der Waals surface area contributed by atoms with Crippen LogP contribution in [-0.4, -0.2) is 42.8 Å². The first-order valence-corrected chi connectivity index (χ1v) is 5.59. The van der Waals surface area contributed by atoms with Gasteiger partial charge in [-0.3, -0.25) is 4.79 Å². The van der Waals surface area contributed by atoms with Crippen LogP contribution in [0.1, 0.15) is 13.8 Å². The molecule has 1 amide bonds. The average Bonchev–Trinajstić information content (AvgIpc) is 2.02. The molecule has 0 heterocycles. The summed E-state index contributed by atoms with van der Waals surface area (Å²) in [6, 6.07) is 0.236. The molecule has 0 saturated heterocycles. The molecule has 13 heavy (non-hydrogen) atoms. The Morgan fingerprint density at radius 3 is 2.31 bits per heavy atom. The Bertz CT molecular complexity index is 160. The van der Waals surface area contributed by atoms with E-state index in [0.717, 1.165) is 6.54 Å². The second-order valence-electron chi connectivity index (χ2n) is 3.81. The molecule has 1 atom stereocenters. The molecule has 0 aromatic carbocycles. The third-order valence-corrected chi connectivity index (χ3v) is 2.34. The van der Waals surface area contributed by atoms with Crippen LogP contribution in [0.25, 0.3) is 0 Å². The van der Waals surface area contributed by atoms with E-state index in [0.29, 0.717) is 11.2 Å². The van der Waals surface area contributed by atoms with Gasteiger partial charge in [-0.05, 0) is 20.0 Å². The van der Waals surface area contributed by atoms with Crippen molar-refractivity contribution in [2.45, 2.75) is 19.9 Å². The Morgan fingerprint density at radius 2 is 2.00 bits per heavy atom. The van der Waals surface area contributed by atoms with Crippen molar-refractivity contribution in [2.24, 2.45) is 5.92 Å². The van der Waals surface area contributed by atoms with E-state index in [1.807, 2.05) is 14.1 Å². The lowest BCUT2D eigenvalue weighted by Crippen LogP contribution is -2.45. The van der Waals surface area contributed by atoms with E-state index >= 15 is 0 Å². The smallest absolute Gasteiger partial charge is 0.230 e. The quantitative estimate of drug-likeness (QED) is 0.742. The highest BCUT2D eigenvalue weighted by Gasteiger charge is 2.15. The fourth-order valence-corrected chi connectivity index (χ4v) is 1.22. The average molecular weight is 251 g/mol. The normalized spacial score (nSPS) is 13.5. The van der Waals surface area contributed by atoms with E-state index in [-0.39, 0.29) is 11.9 Å². The summed E-state index contributed by atoms with van der Waals surface area (Å²) in [6.45, 7) is 5.11. The number of rotatable bonds is 5. The first kappa shape index (κ1) is 12.9. The van der Waals surface area contributed by atoms with Gasteiger partial charge in [0, 0.05) is 12.6 Å². The van der Waals surface area contributed by atoms with Crippen molar-refractivity contribution in [3.05, 3.63) is 0 Å². The molecule has 0 aliphatic heterocycles. The fraction of sp³-hybridized carbons (Fsp3) is 0.889. The van der Waals surface area contributed by atoms with Gasteiger partial charge in [-0.15, -0.1) is 0 Å². The minimum Gasteiger partial charge on any atom is -0.351 e. The van der Waals surface area contributed by atoms with Crippen molar-refractivity contribution in [3.8, 4) is 0 Å². The maximum Gasteiger partial charge on any atom is 0.230 e. The summed E-state index contributed by atoms with van der Waals surface area (Å²) in [7, 11) is 4.02. The van der Waals surface area contributed by atoms with Crippen LogP contribution >= 0.6 is 15.9 Å². The SMILES string of the molecule is CC(C)C(CN(C)C)NC(=O)CBr. The van der Waals surface area contributed by atoms with E-state index in [1.165, 1.54) is 0 Å². The summed E-state index contributed by atoms with van der Waals surface area (Å²) in [4.78, 5) is 13.2. The summed E-state index contributed by atoms with van der Waals surface area (Å²) in [5, 5.41) is 3.35. The minimum absolute atomic E-state index is 0.0561. The topological polar surface area (TPSA) is 32.3 Å². The molecule has 0 aliphatic rings. The molecule has 0 aromatic rings. The zero-order chi connectivity index (χ0) is 10.4. The molecule has 78 valence electrons. The van der Waals surface area contributed by atoms with Crippen LogP contribution in [0.3, 0.4) is 0 Å². The van der Waals surface area contributed by atoms with Crippen molar-refractivity contribution < 1.29 is 4.79 Å². The molecule has 3 nitrogen and oxygen atoms in total. The van der Waals surface area contributed by atoms with Gasteiger partial charge in [-0.2, -0.15) is 0 Å². The molecule has 1 unspecified atom stereocenters. The maximum atomic E-state index is 11.1. The largest absolute Gasteiger partial charge is 0.351 e. The van der Waals surface area contributed by atoms with Gasteiger partial charge in [0.25, 0.3) is 0 Å². The number of likely N-dealkylation sites (N-methyl/N-ethyl adjacent to an activating group) is 1. The standard InChI is InChI=1S/C9H19BrN2O/c1-7(2)8(6-12(3)4)11-9(13)5-10/h7-8H,5-6H2,1-4H3,(H,11,13). The van der Waals surface area contributed by atoms with E-state index in [2.05, 4.69) is 40.0 Å². The zero-order valence-corrected chi connectivity index (χ0v) is 10.4. The van der Waals surface area contributed by atoms with Gasteiger partial charge in [0.1, 0.15) is 0 Å². The molecule has 0 aromatic heterocycles. The summed E-state index contributed by atoms with van der Waals surface area (Å²) in [5.41, 5.74) is 0. The van der Waals surface area contributed by atoms with Crippen molar-refractivity contribution in [1.82, 2.24) is 10.2 Å². The summed E-state index contributed by atoms with van der Waals surface area (Å²) < 4.78 is 0. The second-order valence-corrected chi connectivity index (χ2v) is 4.37. The lowest BCUT2D eigenvalue weighted by atomic mass is 10.0. The Morgan fingerprint density at radius 1 is 1.46 bits per heavy atom. The highest BCUT2D eigenvalue weighted by atomic mass is 79.9. The number of hydrogen-bond donors (Lipinski definition) is 1. The van der Waals surface area contributed by atoms with E-state index in [1.54, 1.807) is 0 Å². The van der Waals surface area contributed by atoms with Crippen LogP contribution in [0.15, 0.2) is 0 Å². The fourth-order valence-electron chi connectivity index (χ4n) is 1.06. The molecule has 0 aliphatic carbocycles. The van der Waals surface area contributed by atoms with Crippen molar-refractivity contribution in [1.29, 1.82) is 0 Å². The van der Waals surface area contributed by atoms with Crippen LogP contribution in [0.5, 0.6) is 0 Å². The van der Waals surface area contributed by atoms with Crippen molar-refractivity contribution >= 4 is 21.8 Å². The molecule has 0 radical (unpaired) electrons. The van der Waals surface area contributed by atoms with Gasteiger partial charge in [0.2, 0.25) is 5.91 Å². The summed E-state index contributed by atoms with van der Waals surface area (Å²) in [6.07, 6.45) is 0. The third-order valence-electron chi connectivity index (χ3n) is 1.83.